The first-order chi connectivity index (χ1) is 7.79. The molecule has 3 aliphatic rings. The summed E-state index contributed by atoms with van der Waals surface area (Å²) < 4.78 is 0. The van der Waals surface area contributed by atoms with Gasteiger partial charge >= 0.3 is 0 Å². The molecule has 0 aromatic rings. The van der Waals surface area contributed by atoms with Crippen LogP contribution in [-0.2, 0) is 0 Å². The number of fused-ring (bicyclic) bond motifs is 2. The molecule has 3 atom stereocenters. The molecule has 16 heavy (non-hydrogen) atoms. The van der Waals surface area contributed by atoms with E-state index in [0.717, 1.165) is 24.9 Å². The molecule has 0 aromatic heterocycles. The lowest BCUT2D eigenvalue weighted by atomic mass is 9.87. The zero-order chi connectivity index (χ0) is 11.1. The minimum Gasteiger partial charge on any atom is -0.384 e. The fourth-order valence-corrected chi connectivity index (χ4v) is 3.58. The van der Waals surface area contributed by atoms with E-state index in [4.69, 9.17) is 0 Å². The van der Waals surface area contributed by atoms with Crippen LogP contribution >= 0.6 is 0 Å². The summed E-state index contributed by atoms with van der Waals surface area (Å²) in [6, 6.07) is 1.30. The van der Waals surface area contributed by atoms with Gasteiger partial charge in [-0.1, -0.05) is 25.5 Å². The van der Waals surface area contributed by atoms with Crippen LogP contribution in [0.5, 0.6) is 0 Å². The Morgan fingerprint density at radius 1 is 1.44 bits per heavy atom. The summed E-state index contributed by atoms with van der Waals surface area (Å²) in [4.78, 5) is 0. The Balaban J connectivity index is 1.77. The Labute approximate surface area is 98.2 Å². The number of nitrogens with one attached hydrogen (secondary N) is 2. The van der Waals surface area contributed by atoms with Crippen LogP contribution in [0.3, 0.4) is 0 Å². The van der Waals surface area contributed by atoms with Gasteiger partial charge < -0.3 is 10.6 Å². The quantitative estimate of drug-likeness (QED) is 0.695. The van der Waals surface area contributed by atoms with E-state index in [1.54, 1.807) is 5.57 Å². The van der Waals surface area contributed by atoms with Gasteiger partial charge in [-0.15, -0.1) is 0 Å². The van der Waals surface area contributed by atoms with Crippen molar-refractivity contribution in [2.75, 3.05) is 6.54 Å². The zero-order valence-corrected chi connectivity index (χ0v) is 10.2. The maximum Gasteiger partial charge on any atom is 0.0359 e. The van der Waals surface area contributed by atoms with Crippen LogP contribution in [0.1, 0.15) is 39.0 Å². The Morgan fingerprint density at radius 2 is 2.31 bits per heavy atom. The largest absolute Gasteiger partial charge is 0.384 e. The van der Waals surface area contributed by atoms with Crippen molar-refractivity contribution in [1.29, 1.82) is 0 Å². The van der Waals surface area contributed by atoms with E-state index >= 15 is 0 Å². The summed E-state index contributed by atoms with van der Waals surface area (Å²) in [5, 5.41) is 7.33. The van der Waals surface area contributed by atoms with Gasteiger partial charge in [0.05, 0.1) is 0 Å². The highest BCUT2D eigenvalue weighted by molar-refractivity contribution is 5.32. The highest BCUT2D eigenvalue weighted by atomic mass is 15.1. The van der Waals surface area contributed by atoms with Gasteiger partial charge in [-0.25, -0.2) is 0 Å². The number of rotatable bonds is 2. The Morgan fingerprint density at radius 3 is 3.12 bits per heavy atom. The highest BCUT2D eigenvalue weighted by Gasteiger charge is 2.39. The molecule has 0 aromatic carbocycles. The van der Waals surface area contributed by atoms with Crippen LogP contribution in [0.25, 0.3) is 0 Å². The van der Waals surface area contributed by atoms with Crippen LogP contribution in [0.4, 0.5) is 0 Å². The maximum atomic E-state index is 4.19. The molecule has 88 valence electrons. The van der Waals surface area contributed by atoms with E-state index in [1.807, 2.05) is 0 Å². The molecule has 0 saturated heterocycles. The molecule has 3 rings (SSSR count). The summed E-state index contributed by atoms with van der Waals surface area (Å²) in [7, 11) is 0. The second-order valence-corrected chi connectivity index (χ2v) is 5.44. The summed E-state index contributed by atoms with van der Waals surface area (Å²) >= 11 is 0. The molecule has 2 nitrogen and oxygen atoms in total. The molecule has 1 aliphatic carbocycles. The average Bonchev–Trinajstić information content (AvgIpc) is 2.87. The second-order valence-electron chi connectivity index (χ2n) is 5.44. The zero-order valence-electron chi connectivity index (χ0n) is 10.2. The van der Waals surface area contributed by atoms with Gasteiger partial charge in [0.15, 0.2) is 0 Å². The number of hydrogen-bond acceptors (Lipinski definition) is 2. The van der Waals surface area contributed by atoms with Crippen LogP contribution < -0.4 is 10.6 Å². The fraction of sp³-hybridized carbons (Fsp3) is 0.714. The van der Waals surface area contributed by atoms with Crippen molar-refractivity contribution in [3.05, 3.63) is 23.4 Å². The Hall–Kier alpha value is -0.760. The van der Waals surface area contributed by atoms with Gasteiger partial charge in [-0.05, 0) is 31.3 Å². The molecular weight excluding hydrogens is 196 g/mol. The molecule has 0 radical (unpaired) electrons. The van der Waals surface area contributed by atoms with Crippen molar-refractivity contribution < 1.29 is 0 Å². The molecular formula is C14H22N2. The van der Waals surface area contributed by atoms with Crippen molar-refractivity contribution in [2.45, 2.75) is 51.1 Å². The third kappa shape index (κ3) is 1.51. The van der Waals surface area contributed by atoms with Gasteiger partial charge in [0.2, 0.25) is 0 Å². The van der Waals surface area contributed by atoms with Crippen molar-refractivity contribution in [3.8, 4) is 0 Å². The third-order valence-corrected chi connectivity index (χ3v) is 4.61. The van der Waals surface area contributed by atoms with Gasteiger partial charge in [0.1, 0.15) is 0 Å². The Bertz CT molecular complexity index is 343. The Kier molecular flexibility index (Phi) is 2.55. The normalized spacial score (nSPS) is 36.9. The van der Waals surface area contributed by atoms with E-state index in [9.17, 15) is 0 Å². The van der Waals surface area contributed by atoms with Gasteiger partial charge in [0, 0.05) is 30.2 Å². The minimum absolute atomic E-state index is 0.532. The maximum absolute atomic E-state index is 4.19. The first kappa shape index (κ1) is 10.4. The van der Waals surface area contributed by atoms with Crippen molar-refractivity contribution >= 4 is 0 Å². The summed E-state index contributed by atoms with van der Waals surface area (Å²) in [5.41, 5.74) is 4.60. The van der Waals surface area contributed by atoms with Crippen LogP contribution in [-0.4, -0.2) is 18.6 Å². The molecule has 1 saturated carbocycles. The van der Waals surface area contributed by atoms with Crippen LogP contribution in [0.15, 0.2) is 23.4 Å². The van der Waals surface area contributed by atoms with E-state index in [1.165, 1.54) is 37.0 Å². The predicted octanol–water partition coefficient (Wildman–Crippen LogP) is 2.34. The summed E-state index contributed by atoms with van der Waals surface area (Å²) in [6.07, 6.45) is 6.49. The summed E-state index contributed by atoms with van der Waals surface area (Å²) in [6.45, 7) is 7.43. The van der Waals surface area contributed by atoms with E-state index in [-0.39, 0.29) is 0 Å². The topological polar surface area (TPSA) is 24.1 Å². The van der Waals surface area contributed by atoms with Crippen LogP contribution in [0.2, 0.25) is 0 Å². The molecule has 0 amide bonds. The molecule has 0 bridgehead atoms. The highest BCUT2D eigenvalue weighted by Crippen LogP contribution is 2.41. The van der Waals surface area contributed by atoms with E-state index in [0.29, 0.717) is 6.04 Å². The van der Waals surface area contributed by atoms with Crippen molar-refractivity contribution in [3.63, 3.8) is 0 Å². The van der Waals surface area contributed by atoms with Gasteiger partial charge in [-0.3, -0.25) is 0 Å². The summed E-state index contributed by atoms with van der Waals surface area (Å²) in [5.74, 6) is 0.851. The van der Waals surface area contributed by atoms with Crippen molar-refractivity contribution in [2.24, 2.45) is 5.92 Å². The molecule has 2 aliphatic heterocycles. The molecule has 1 fully saturated rings. The standard InChI is InChI=1S/C14H22N2/c1-3-9(2)13-7-11-10-5-4-6-12(10)16-14(11)8-15-13/h10,12-13,15-16H,2-8H2,1H3. The van der Waals surface area contributed by atoms with Gasteiger partial charge in [0.25, 0.3) is 0 Å². The SMILES string of the molecule is C=C(CC)C1CC2=C(CN1)NC1CCCC21. The lowest BCUT2D eigenvalue weighted by molar-refractivity contribution is 0.509. The second kappa shape index (κ2) is 3.92. The predicted molar refractivity (Wildman–Crippen MR) is 67.1 cm³/mol. The average molecular weight is 218 g/mol. The van der Waals surface area contributed by atoms with E-state index < -0.39 is 0 Å². The van der Waals surface area contributed by atoms with E-state index in [2.05, 4.69) is 24.1 Å². The first-order valence-electron chi connectivity index (χ1n) is 6.69. The fourth-order valence-electron chi connectivity index (χ4n) is 3.58. The van der Waals surface area contributed by atoms with Crippen LogP contribution in [0, 0.1) is 5.92 Å². The van der Waals surface area contributed by atoms with Crippen molar-refractivity contribution in [1.82, 2.24) is 10.6 Å². The molecule has 0 spiro atoms. The molecule has 2 heteroatoms. The van der Waals surface area contributed by atoms with Gasteiger partial charge in [-0.2, -0.15) is 0 Å². The lowest BCUT2D eigenvalue weighted by Gasteiger charge is -2.28. The molecule has 2 N–H and O–H groups in total. The smallest absolute Gasteiger partial charge is 0.0359 e. The minimum atomic E-state index is 0.532. The molecule has 3 unspecified atom stereocenters. The third-order valence-electron chi connectivity index (χ3n) is 4.61. The molecule has 2 heterocycles. The lowest BCUT2D eigenvalue weighted by Crippen LogP contribution is -2.38. The number of hydrogen-bond donors (Lipinski definition) is 2. The first-order valence-corrected chi connectivity index (χ1v) is 6.69. The monoisotopic (exact) mass is 218 g/mol.